The molecule has 1 heterocycles. The lowest BCUT2D eigenvalue weighted by molar-refractivity contribution is 0.0979. The molecule has 70 valence electrons. The molecule has 0 atom stereocenters. The highest BCUT2D eigenvalue weighted by Gasteiger charge is 2.13. The molecule has 0 unspecified atom stereocenters. The monoisotopic (exact) mass is 187 g/mol. The first-order valence-electron chi connectivity index (χ1n) is 4.30. The Kier molecular flexibility index (Phi) is 2.14. The summed E-state index contributed by atoms with van der Waals surface area (Å²) in [4.78, 5) is 11.2. The minimum absolute atomic E-state index is 0.110. The molecule has 2 rings (SSSR count). The van der Waals surface area contributed by atoms with E-state index in [1.165, 1.54) is 6.92 Å². The fourth-order valence-electron chi connectivity index (χ4n) is 1.32. The van der Waals surface area contributed by atoms with E-state index >= 15 is 0 Å². The smallest absolute Gasteiger partial charge is 0.209 e. The molecule has 0 spiro atoms. The minimum atomic E-state index is -0.110. The van der Waals surface area contributed by atoms with Crippen molar-refractivity contribution in [3.8, 4) is 11.1 Å². The fraction of sp³-hybridized carbons (Fsp3) is 0.0909. The summed E-state index contributed by atoms with van der Waals surface area (Å²) in [5.74, 6) is 0.206. The van der Waals surface area contributed by atoms with Gasteiger partial charge in [0.1, 0.15) is 0 Å². The summed E-state index contributed by atoms with van der Waals surface area (Å²) in [7, 11) is 0. The van der Waals surface area contributed by atoms with E-state index < -0.39 is 0 Å². The molecule has 3 nitrogen and oxygen atoms in total. The average Bonchev–Trinajstić information content (AvgIpc) is 2.67. The second-order valence-electron chi connectivity index (χ2n) is 2.99. The van der Waals surface area contributed by atoms with Crippen LogP contribution in [0.4, 0.5) is 0 Å². The number of nitrogens with zero attached hydrogens (tertiary/aromatic N) is 1. The molecule has 0 aliphatic heterocycles. The first-order chi connectivity index (χ1) is 6.79. The molecule has 0 N–H and O–H groups in total. The minimum Gasteiger partial charge on any atom is -0.352 e. The zero-order chi connectivity index (χ0) is 9.97. The van der Waals surface area contributed by atoms with Gasteiger partial charge in [-0.2, -0.15) is 0 Å². The zero-order valence-electron chi connectivity index (χ0n) is 7.73. The van der Waals surface area contributed by atoms with E-state index in [1.807, 2.05) is 30.3 Å². The number of benzene rings is 1. The molecule has 0 saturated heterocycles. The van der Waals surface area contributed by atoms with Gasteiger partial charge in [-0.1, -0.05) is 35.5 Å². The fourth-order valence-corrected chi connectivity index (χ4v) is 1.32. The van der Waals surface area contributed by atoms with E-state index in [9.17, 15) is 4.79 Å². The molecule has 3 heteroatoms. The SMILES string of the molecule is CC(=O)c1oncc1-c1ccccc1. The Hall–Kier alpha value is -1.90. The third-order valence-electron chi connectivity index (χ3n) is 1.97. The summed E-state index contributed by atoms with van der Waals surface area (Å²) in [5, 5.41) is 3.62. The molecule has 0 saturated carbocycles. The molecule has 2 aromatic rings. The largest absolute Gasteiger partial charge is 0.352 e. The summed E-state index contributed by atoms with van der Waals surface area (Å²) < 4.78 is 4.88. The summed E-state index contributed by atoms with van der Waals surface area (Å²) >= 11 is 0. The number of carbonyl (C=O) groups is 1. The predicted molar refractivity (Wildman–Crippen MR) is 51.9 cm³/mol. The Morgan fingerprint density at radius 2 is 2.00 bits per heavy atom. The number of rotatable bonds is 2. The maximum absolute atomic E-state index is 11.2. The summed E-state index contributed by atoms with van der Waals surface area (Å²) in [6, 6.07) is 9.57. The molecule has 0 amide bonds. The molecular weight excluding hydrogens is 178 g/mol. The Labute approximate surface area is 81.3 Å². The first kappa shape index (κ1) is 8.69. The Morgan fingerprint density at radius 3 is 2.64 bits per heavy atom. The van der Waals surface area contributed by atoms with Gasteiger partial charge in [-0.3, -0.25) is 4.79 Å². The highest BCUT2D eigenvalue weighted by molar-refractivity contribution is 5.97. The van der Waals surface area contributed by atoms with Gasteiger partial charge in [-0.05, 0) is 5.56 Å². The molecule has 1 aromatic heterocycles. The Morgan fingerprint density at radius 1 is 1.29 bits per heavy atom. The van der Waals surface area contributed by atoms with Gasteiger partial charge in [-0.25, -0.2) is 0 Å². The van der Waals surface area contributed by atoms with Crippen LogP contribution in [0, 0.1) is 0 Å². The van der Waals surface area contributed by atoms with Crippen LogP contribution in [-0.2, 0) is 0 Å². The normalized spacial score (nSPS) is 10.1. The van der Waals surface area contributed by atoms with Gasteiger partial charge in [0, 0.05) is 6.92 Å². The number of carbonyl (C=O) groups excluding carboxylic acids is 1. The van der Waals surface area contributed by atoms with Crippen LogP contribution >= 0.6 is 0 Å². The third-order valence-corrected chi connectivity index (χ3v) is 1.97. The van der Waals surface area contributed by atoms with Crippen LogP contribution in [0.25, 0.3) is 11.1 Å². The second-order valence-corrected chi connectivity index (χ2v) is 2.99. The van der Waals surface area contributed by atoms with Crippen molar-refractivity contribution in [2.75, 3.05) is 0 Å². The predicted octanol–water partition coefficient (Wildman–Crippen LogP) is 2.54. The topological polar surface area (TPSA) is 43.1 Å². The summed E-state index contributed by atoms with van der Waals surface area (Å²) in [6.45, 7) is 1.47. The van der Waals surface area contributed by atoms with Crippen LogP contribution in [0.5, 0.6) is 0 Å². The van der Waals surface area contributed by atoms with E-state index in [2.05, 4.69) is 5.16 Å². The number of Topliss-reactive ketones (excluding diaryl/α,β-unsaturated/α-hetero) is 1. The highest BCUT2D eigenvalue weighted by atomic mass is 16.5. The Balaban J connectivity index is 2.52. The van der Waals surface area contributed by atoms with Gasteiger partial charge >= 0.3 is 0 Å². The zero-order valence-corrected chi connectivity index (χ0v) is 7.73. The van der Waals surface area contributed by atoms with Gasteiger partial charge in [-0.15, -0.1) is 0 Å². The summed E-state index contributed by atoms with van der Waals surface area (Å²) in [6.07, 6.45) is 1.56. The number of ketones is 1. The highest BCUT2D eigenvalue weighted by Crippen LogP contribution is 2.23. The summed E-state index contributed by atoms with van der Waals surface area (Å²) in [5.41, 5.74) is 1.69. The molecule has 0 aliphatic carbocycles. The quantitative estimate of drug-likeness (QED) is 0.678. The second kappa shape index (κ2) is 3.46. The van der Waals surface area contributed by atoms with Crippen LogP contribution in [0.3, 0.4) is 0 Å². The van der Waals surface area contributed by atoms with Crippen molar-refractivity contribution in [3.05, 3.63) is 42.3 Å². The lowest BCUT2D eigenvalue weighted by Crippen LogP contribution is -1.91. The van der Waals surface area contributed by atoms with Crippen molar-refractivity contribution in [2.24, 2.45) is 0 Å². The third kappa shape index (κ3) is 1.44. The van der Waals surface area contributed by atoms with Gasteiger partial charge in [0.2, 0.25) is 5.76 Å². The van der Waals surface area contributed by atoms with E-state index in [-0.39, 0.29) is 5.78 Å². The van der Waals surface area contributed by atoms with E-state index in [0.29, 0.717) is 5.76 Å². The Bertz CT molecular complexity index is 445. The van der Waals surface area contributed by atoms with Crippen LogP contribution in [-0.4, -0.2) is 10.9 Å². The standard InChI is InChI=1S/C11H9NO2/c1-8(13)11-10(7-12-14-11)9-5-3-2-4-6-9/h2-7H,1H3. The maximum atomic E-state index is 11.2. The van der Waals surface area contributed by atoms with Gasteiger partial charge in [0.25, 0.3) is 0 Å². The van der Waals surface area contributed by atoms with E-state index in [4.69, 9.17) is 4.52 Å². The van der Waals surface area contributed by atoms with E-state index in [1.54, 1.807) is 6.20 Å². The molecule has 0 fully saturated rings. The average molecular weight is 187 g/mol. The van der Waals surface area contributed by atoms with Crippen LogP contribution < -0.4 is 0 Å². The van der Waals surface area contributed by atoms with Crippen LogP contribution in [0.2, 0.25) is 0 Å². The van der Waals surface area contributed by atoms with Crippen LogP contribution in [0.15, 0.2) is 41.1 Å². The number of aromatic nitrogens is 1. The van der Waals surface area contributed by atoms with Crippen LogP contribution in [0.1, 0.15) is 17.5 Å². The molecule has 0 radical (unpaired) electrons. The van der Waals surface area contributed by atoms with Crippen molar-refractivity contribution in [2.45, 2.75) is 6.92 Å². The van der Waals surface area contributed by atoms with Crippen molar-refractivity contribution in [3.63, 3.8) is 0 Å². The van der Waals surface area contributed by atoms with E-state index in [0.717, 1.165) is 11.1 Å². The van der Waals surface area contributed by atoms with Crippen molar-refractivity contribution >= 4 is 5.78 Å². The molecule has 14 heavy (non-hydrogen) atoms. The van der Waals surface area contributed by atoms with Gasteiger partial charge in [0.05, 0.1) is 11.8 Å². The van der Waals surface area contributed by atoms with Gasteiger partial charge in [0.15, 0.2) is 5.78 Å². The van der Waals surface area contributed by atoms with Crippen molar-refractivity contribution in [1.82, 2.24) is 5.16 Å². The first-order valence-corrected chi connectivity index (χ1v) is 4.30. The molecule has 0 aliphatic rings. The molecule has 0 bridgehead atoms. The maximum Gasteiger partial charge on any atom is 0.209 e. The number of hydrogen-bond donors (Lipinski definition) is 0. The molecular formula is C11H9NO2. The molecule has 1 aromatic carbocycles. The lowest BCUT2D eigenvalue weighted by atomic mass is 10.1. The van der Waals surface area contributed by atoms with Crippen molar-refractivity contribution in [1.29, 1.82) is 0 Å². The number of hydrogen-bond acceptors (Lipinski definition) is 3. The van der Waals surface area contributed by atoms with Gasteiger partial charge < -0.3 is 4.52 Å². The lowest BCUT2D eigenvalue weighted by Gasteiger charge is -1.96. The van der Waals surface area contributed by atoms with Crippen molar-refractivity contribution < 1.29 is 9.32 Å².